The first-order chi connectivity index (χ1) is 13.4. The van der Waals surface area contributed by atoms with Crippen molar-refractivity contribution in [2.75, 3.05) is 26.2 Å². The van der Waals surface area contributed by atoms with E-state index in [0.717, 1.165) is 16.7 Å². The Morgan fingerprint density at radius 1 is 1.14 bits per heavy atom. The number of nitrogens with zero attached hydrogens (tertiary/aromatic N) is 3. The Morgan fingerprint density at radius 2 is 1.82 bits per heavy atom. The van der Waals surface area contributed by atoms with Gasteiger partial charge in [-0.1, -0.05) is 24.3 Å². The minimum absolute atomic E-state index is 0.0585. The zero-order chi connectivity index (χ0) is 20.1. The molecule has 1 aliphatic rings. The van der Waals surface area contributed by atoms with Crippen LogP contribution in [0.3, 0.4) is 0 Å². The van der Waals surface area contributed by atoms with Crippen molar-refractivity contribution < 1.29 is 14.1 Å². The number of hydrogen-bond donors (Lipinski definition) is 0. The molecule has 6 nitrogen and oxygen atoms in total. The van der Waals surface area contributed by atoms with Crippen molar-refractivity contribution in [3.8, 4) is 0 Å². The summed E-state index contributed by atoms with van der Waals surface area (Å²) in [7, 11) is 0. The summed E-state index contributed by atoms with van der Waals surface area (Å²) in [6, 6.07) is 12.7. The van der Waals surface area contributed by atoms with Crippen LogP contribution < -0.4 is 0 Å². The molecule has 0 spiro atoms. The van der Waals surface area contributed by atoms with Crippen molar-refractivity contribution in [3.63, 3.8) is 0 Å². The van der Waals surface area contributed by atoms with Crippen LogP contribution in [0, 0.1) is 15.9 Å². The maximum Gasteiger partial charge on any atom is 0.269 e. The van der Waals surface area contributed by atoms with E-state index in [1.54, 1.807) is 35.2 Å². The number of carbonyl (C=O) groups excluding carboxylic acids is 1. The van der Waals surface area contributed by atoms with Crippen LogP contribution in [-0.2, 0) is 11.3 Å². The molecule has 28 heavy (non-hydrogen) atoms. The number of amides is 1. The predicted molar refractivity (Wildman–Crippen MR) is 105 cm³/mol. The van der Waals surface area contributed by atoms with Gasteiger partial charge in [-0.15, -0.1) is 0 Å². The number of rotatable bonds is 5. The molecule has 7 heteroatoms. The van der Waals surface area contributed by atoms with Gasteiger partial charge >= 0.3 is 0 Å². The molecule has 1 aliphatic heterocycles. The second kappa shape index (κ2) is 8.75. The zero-order valence-electron chi connectivity index (χ0n) is 15.7. The van der Waals surface area contributed by atoms with E-state index in [1.165, 1.54) is 18.2 Å². The largest absolute Gasteiger partial charge is 0.337 e. The number of nitro groups is 1. The van der Waals surface area contributed by atoms with E-state index in [0.29, 0.717) is 32.7 Å². The summed E-state index contributed by atoms with van der Waals surface area (Å²) in [6.45, 7) is 5.06. The molecule has 0 aliphatic carbocycles. The molecule has 0 saturated carbocycles. The highest BCUT2D eigenvalue weighted by atomic mass is 19.1. The second-order valence-electron chi connectivity index (χ2n) is 6.86. The standard InChI is InChI=1S/C21H22FN3O3/c1-16(18-5-7-19(22)8-6-18)13-21(26)24-11-9-23(10-12-24)15-17-3-2-4-20(14-17)25(27)28/h2-8,13-14H,9-12,15H2,1H3/b16-13+. The average Bonchev–Trinajstić information content (AvgIpc) is 2.69. The summed E-state index contributed by atoms with van der Waals surface area (Å²) in [4.78, 5) is 27.0. The van der Waals surface area contributed by atoms with Crippen molar-refractivity contribution in [3.05, 3.63) is 81.7 Å². The second-order valence-corrected chi connectivity index (χ2v) is 6.86. The number of allylic oxidation sites excluding steroid dienone is 1. The maximum atomic E-state index is 13.0. The first kappa shape index (κ1) is 19.7. The third-order valence-electron chi connectivity index (χ3n) is 4.85. The molecule has 0 radical (unpaired) electrons. The lowest BCUT2D eigenvalue weighted by atomic mass is 10.1. The molecule has 1 amide bonds. The van der Waals surface area contributed by atoms with Gasteiger partial charge in [0.15, 0.2) is 0 Å². The van der Waals surface area contributed by atoms with Crippen LogP contribution in [0.4, 0.5) is 10.1 Å². The molecule has 1 heterocycles. The van der Waals surface area contributed by atoms with E-state index in [9.17, 15) is 19.3 Å². The highest BCUT2D eigenvalue weighted by Gasteiger charge is 2.20. The summed E-state index contributed by atoms with van der Waals surface area (Å²) < 4.78 is 13.0. The number of carbonyl (C=O) groups is 1. The fraction of sp³-hybridized carbons (Fsp3) is 0.286. The fourth-order valence-electron chi connectivity index (χ4n) is 3.23. The predicted octanol–water partition coefficient (Wildman–Crippen LogP) is 3.48. The Labute approximate surface area is 163 Å². The van der Waals surface area contributed by atoms with E-state index in [2.05, 4.69) is 4.90 Å². The Hall–Kier alpha value is -3.06. The van der Waals surface area contributed by atoms with Gasteiger partial charge in [-0.25, -0.2) is 4.39 Å². The molecule has 2 aromatic carbocycles. The van der Waals surface area contributed by atoms with Gasteiger partial charge in [-0.05, 0) is 35.8 Å². The summed E-state index contributed by atoms with van der Waals surface area (Å²) in [5, 5.41) is 10.9. The van der Waals surface area contributed by atoms with Crippen LogP contribution in [0.25, 0.3) is 5.57 Å². The van der Waals surface area contributed by atoms with Crippen LogP contribution >= 0.6 is 0 Å². The lowest BCUT2D eigenvalue weighted by molar-refractivity contribution is -0.384. The van der Waals surface area contributed by atoms with Gasteiger partial charge in [0.1, 0.15) is 5.82 Å². The van der Waals surface area contributed by atoms with Gasteiger partial charge in [-0.3, -0.25) is 19.8 Å². The molecule has 2 aromatic rings. The molecule has 1 saturated heterocycles. The Kier molecular flexibility index (Phi) is 6.16. The molecule has 0 atom stereocenters. The van der Waals surface area contributed by atoms with E-state index in [-0.39, 0.29) is 17.4 Å². The first-order valence-corrected chi connectivity index (χ1v) is 9.11. The highest BCUT2D eigenvalue weighted by molar-refractivity contribution is 5.94. The van der Waals surface area contributed by atoms with Crippen LogP contribution in [0.1, 0.15) is 18.1 Å². The van der Waals surface area contributed by atoms with E-state index < -0.39 is 4.92 Å². The molecule has 0 bridgehead atoms. The summed E-state index contributed by atoms with van der Waals surface area (Å²) in [6.07, 6.45) is 1.59. The number of non-ortho nitro benzene ring substituents is 1. The number of halogens is 1. The Balaban J connectivity index is 1.55. The van der Waals surface area contributed by atoms with Crippen molar-refractivity contribution in [1.82, 2.24) is 9.80 Å². The van der Waals surface area contributed by atoms with E-state index >= 15 is 0 Å². The number of benzene rings is 2. The molecule has 0 unspecified atom stereocenters. The highest BCUT2D eigenvalue weighted by Crippen LogP contribution is 2.17. The van der Waals surface area contributed by atoms with Crippen molar-refractivity contribution >= 4 is 17.2 Å². The molecule has 0 aromatic heterocycles. The van der Waals surface area contributed by atoms with Crippen LogP contribution in [0.5, 0.6) is 0 Å². The van der Waals surface area contributed by atoms with Crippen molar-refractivity contribution in [2.24, 2.45) is 0 Å². The van der Waals surface area contributed by atoms with Gasteiger partial charge in [0.2, 0.25) is 5.91 Å². The summed E-state index contributed by atoms with van der Waals surface area (Å²) >= 11 is 0. The van der Waals surface area contributed by atoms with Crippen LogP contribution in [-0.4, -0.2) is 46.8 Å². The average molecular weight is 383 g/mol. The van der Waals surface area contributed by atoms with Gasteiger partial charge in [0.05, 0.1) is 4.92 Å². The molecule has 146 valence electrons. The van der Waals surface area contributed by atoms with Crippen molar-refractivity contribution in [1.29, 1.82) is 0 Å². The molecule has 1 fully saturated rings. The molecule has 0 N–H and O–H groups in total. The SMILES string of the molecule is C/C(=C\C(=O)N1CCN(Cc2cccc([N+](=O)[O-])c2)CC1)c1ccc(F)cc1. The lowest BCUT2D eigenvalue weighted by Crippen LogP contribution is -2.47. The Morgan fingerprint density at radius 3 is 2.46 bits per heavy atom. The summed E-state index contributed by atoms with van der Waals surface area (Å²) in [5.74, 6) is -0.362. The molecular weight excluding hydrogens is 361 g/mol. The third kappa shape index (κ3) is 5.01. The van der Waals surface area contributed by atoms with Crippen LogP contribution in [0.2, 0.25) is 0 Å². The maximum absolute atomic E-state index is 13.0. The normalized spacial score (nSPS) is 15.5. The first-order valence-electron chi connectivity index (χ1n) is 9.11. The summed E-state index contributed by atoms with van der Waals surface area (Å²) in [5.41, 5.74) is 2.59. The third-order valence-corrected chi connectivity index (χ3v) is 4.85. The quantitative estimate of drug-likeness (QED) is 0.450. The molecular formula is C21H22FN3O3. The van der Waals surface area contributed by atoms with Gasteiger partial charge in [-0.2, -0.15) is 0 Å². The van der Waals surface area contributed by atoms with Gasteiger partial charge in [0.25, 0.3) is 5.69 Å². The number of hydrogen-bond acceptors (Lipinski definition) is 4. The lowest BCUT2D eigenvalue weighted by Gasteiger charge is -2.34. The topological polar surface area (TPSA) is 66.7 Å². The molecule has 3 rings (SSSR count). The zero-order valence-corrected chi connectivity index (χ0v) is 15.7. The van der Waals surface area contributed by atoms with Crippen LogP contribution in [0.15, 0.2) is 54.6 Å². The number of piperazine rings is 1. The Bertz CT molecular complexity index is 888. The minimum Gasteiger partial charge on any atom is -0.337 e. The van der Waals surface area contributed by atoms with Gasteiger partial charge < -0.3 is 4.90 Å². The van der Waals surface area contributed by atoms with E-state index in [4.69, 9.17) is 0 Å². The van der Waals surface area contributed by atoms with E-state index in [1.807, 2.05) is 13.0 Å². The monoisotopic (exact) mass is 383 g/mol. The van der Waals surface area contributed by atoms with Gasteiger partial charge in [0, 0.05) is 50.9 Å². The fourth-order valence-corrected chi connectivity index (χ4v) is 3.23. The van der Waals surface area contributed by atoms with Crippen molar-refractivity contribution in [2.45, 2.75) is 13.5 Å². The number of nitro benzene ring substituents is 1. The minimum atomic E-state index is -0.393. The smallest absolute Gasteiger partial charge is 0.269 e.